The molecule has 0 unspecified atom stereocenters. The molecule has 0 aliphatic heterocycles. The van der Waals surface area contributed by atoms with Crippen LogP contribution in [0.4, 0.5) is 0 Å². The lowest BCUT2D eigenvalue weighted by atomic mass is 9.76. The first-order valence-corrected chi connectivity index (χ1v) is 10.5. The van der Waals surface area contributed by atoms with Crippen LogP contribution in [-0.4, -0.2) is 17.6 Å². The van der Waals surface area contributed by atoms with Gasteiger partial charge in [0.2, 0.25) is 0 Å². The van der Waals surface area contributed by atoms with Crippen molar-refractivity contribution in [3.8, 4) is 11.3 Å². The van der Waals surface area contributed by atoms with E-state index in [1.807, 2.05) is 54.6 Å². The second-order valence-electron chi connectivity index (χ2n) is 7.69. The van der Waals surface area contributed by atoms with Gasteiger partial charge in [0.1, 0.15) is 17.0 Å². The fourth-order valence-electron chi connectivity index (χ4n) is 3.80. The minimum absolute atomic E-state index is 0.244. The highest BCUT2D eigenvalue weighted by molar-refractivity contribution is 6.33. The number of carbonyl (C=O) groups is 1. The Morgan fingerprint density at radius 1 is 0.935 bits per heavy atom. The first-order valence-electron chi connectivity index (χ1n) is 10.1. The lowest BCUT2D eigenvalue weighted by Gasteiger charge is -2.31. The van der Waals surface area contributed by atoms with Gasteiger partial charge in [-0.05, 0) is 31.0 Å². The van der Waals surface area contributed by atoms with Crippen LogP contribution in [-0.2, 0) is 5.41 Å². The third-order valence-corrected chi connectivity index (χ3v) is 5.97. The number of benzene rings is 3. The maximum Gasteiger partial charge on any atom is 0.257 e. The van der Waals surface area contributed by atoms with Crippen molar-refractivity contribution in [3.05, 3.63) is 112 Å². The number of hydrogen-bond acceptors (Lipinski definition) is 3. The summed E-state index contributed by atoms with van der Waals surface area (Å²) in [7, 11) is 0. The second-order valence-corrected chi connectivity index (χ2v) is 8.10. The Hall–Kier alpha value is -3.37. The van der Waals surface area contributed by atoms with E-state index in [4.69, 9.17) is 16.1 Å². The zero-order chi connectivity index (χ0) is 21.8. The molecule has 1 N–H and O–H groups in total. The number of aryl methyl sites for hydroxylation is 1. The average molecular weight is 431 g/mol. The number of rotatable bonds is 6. The van der Waals surface area contributed by atoms with Crippen LogP contribution >= 0.6 is 11.6 Å². The first-order chi connectivity index (χ1) is 15.0. The number of carbonyl (C=O) groups excluding carboxylic acids is 1. The molecule has 0 radical (unpaired) electrons. The highest BCUT2D eigenvalue weighted by atomic mass is 35.5. The largest absolute Gasteiger partial charge is 0.360 e. The number of hydrogen-bond donors (Lipinski definition) is 1. The second kappa shape index (κ2) is 8.78. The van der Waals surface area contributed by atoms with Gasteiger partial charge >= 0.3 is 0 Å². The zero-order valence-corrected chi connectivity index (χ0v) is 18.2. The van der Waals surface area contributed by atoms with Gasteiger partial charge in [0.05, 0.1) is 5.02 Å². The Balaban J connectivity index is 1.66. The molecule has 31 heavy (non-hydrogen) atoms. The van der Waals surface area contributed by atoms with Crippen LogP contribution in [0, 0.1) is 6.92 Å². The summed E-state index contributed by atoms with van der Waals surface area (Å²) in [4.78, 5) is 13.3. The van der Waals surface area contributed by atoms with E-state index in [1.165, 1.54) is 0 Å². The van der Waals surface area contributed by atoms with E-state index in [9.17, 15) is 4.79 Å². The summed E-state index contributed by atoms with van der Waals surface area (Å²) in [5, 5.41) is 7.74. The summed E-state index contributed by atoms with van der Waals surface area (Å²) in [5.74, 6) is 0.209. The van der Waals surface area contributed by atoms with Gasteiger partial charge in [-0.3, -0.25) is 4.79 Å². The third kappa shape index (κ3) is 4.12. The van der Waals surface area contributed by atoms with Gasteiger partial charge in [0.15, 0.2) is 0 Å². The summed E-state index contributed by atoms with van der Waals surface area (Å²) in [5.41, 5.74) is 3.34. The van der Waals surface area contributed by atoms with Crippen molar-refractivity contribution in [2.75, 3.05) is 6.54 Å². The molecule has 0 bridgehead atoms. The maximum atomic E-state index is 13.3. The quantitative estimate of drug-likeness (QED) is 0.405. The summed E-state index contributed by atoms with van der Waals surface area (Å²) in [6.45, 7) is 4.27. The molecule has 0 spiro atoms. The van der Waals surface area contributed by atoms with Gasteiger partial charge < -0.3 is 9.84 Å². The third-order valence-electron chi connectivity index (χ3n) is 5.64. The standard InChI is InChI=1S/C26H23ClN2O2/c1-18-23(24(29-31-18)21-15-9-10-16-22(21)27)25(30)28-17-26(2,19-11-5-3-6-12-19)20-13-7-4-8-14-20/h3-16H,17H2,1-2H3,(H,28,30). The Bertz CT molecular complexity index is 1150. The molecule has 4 rings (SSSR count). The van der Waals surface area contributed by atoms with Crippen LogP contribution in [0.5, 0.6) is 0 Å². The highest BCUT2D eigenvalue weighted by Crippen LogP contribution is 2.33. The molecule has 0 atom stereocenters. The minimum atomic E-state index is -0.409. The molecular formula is C26H23ClN2O2. The van der Waals surface area contributed by atoms with E-state index in [0.29, 0.717) is 34.1 Å². The lowest BCUT2D eigenvalue weighted by molar-refractivity contribution is 0.0946. The van der Waals surface area contributed by atoms with E-state index in [1.54, 1.807) is 13.0 Å². The van der Waals surface area contributed by atoms with Crippen LogP contribution in [0.1, 0.15) is 34.2 Å². The molecule has 0 fully saturated rings. The minimum Gasteiger partial charge on any atom is -0.360 e. The van der Waals surface area contributed by atoms with Crippen LogP contribution in [0.25, 0.3) is 11.3 Å². The highest BCUT2D eigenvalue weighted by Gasteiger charge is 2.31. The van der Waals surface area contributed by atoms with E-state index in [-0.39, 0.29) is 5.91 Å². The van der Waals surface area contributed by atoms with Gasteiger partial charge in [0, 0.05) is 17.5 Å². The Kier molecular flexibility index (Phi) is 5.92. The molecule has 3 aromatic carbocycles. The van der Waals surface area contributed by atoms with Crippen molar-refractivity contribution in [1.82, 2.24) is 10.5 Å². The van der Waals surface area contributed by atoms with Crippen molar-refractivity contribution >= 4 is 17.5 Å². The van der Waals surface area contributed by atoms with Crippen LogP contribution in [0.3, 0.4) is 0 Å². The van der Waals surface area contributed by atoms with Gasteiger partial charge in [-0.2, -0.15) is 0 Å². The molecule has 156 valence electrons. The number of halogens is 1. The predicted molar refractivity (Wildman–Crippen MR) is 123 cm³/mol. The molecule has 1 aromatic heterocycles. The summed E-state index contributed by atoms with van der Waals surface area (Å²) in [6, 6.07) is 27.6. The molecule has 5 heteroatoms. The molecule has 1 amide bonds. The number of nitrogens with one attached hydrogen (secondary N) is 1. The molecule has 1 heterocycles. The van der Waals surface area contributed by atoms with Crippen molar-refractivity contribution in [1.29, 1.82) is 0 Å². The predicted octanol–water partition coefficient (Wildman–Crippen LogP) is 6.04. The molecule has 0 saturated carbocycles. The molecule has 0 saturated heterocycles. The average Bonchev–Trinajstić information content (AvgIpc) is 3.20. The molecule has 4 aromatic rings. The molecule has 4 nitrogen and oxygen atoms in total. The van der Waals surface area contributed by atoms with E-state index in [2.05, 4.69) is 41.7 Å². The molecule has 0 aliphatic carbocycles. The van der Waals surface area contributed by atoms with Crippen molar-refractivity contribution < 1.29 is 9.32 Å². The van der Waals surface area contributed by atoms with Gasteiger partial charge in [-0.1, -0.05) is 95.6 Å². The van der Waals surface area contributed by atoms with Crippen LogP contribution in [0.15, 0.2) is 89.5 Å². The Morgan fingerprint density at radius 2 is 1.48 bits per heavy atom. The number of aromatic nitrogens is 1. The van der Waals surface area contributed by atoms with Crippen LogP contribution < -0.4 is 5.32 Å². The lowest BCUT2D eigenvalue weighted by Crippen LogP contribution is -2.39. The van der Waals surface area contributed by atoms with Crippen LogP contribution in [0.2, 0.25) is 5.02 Å². The number of amides is 1. The Labute approximate surface area is 186 Å². The maximum absolute atomic E-state index is 13.3. The topological polar surface area (TPSA) is 55.1 Å². The van der Waals surface area contributed by atoms with E-state index < -0.39 is 5.41 Å². The smallest absolute Gasteiger partial charge is 0.257 e. The van der Waals surface area contributed by atoms with E-state index >= 15 is 0 Å². The van der Waals surface area contributed by atoms with Gasteiger partial charge in [-0.25, -0.2) is 0 Å². The fourth-order valence-corrected chi connectivity index (χ4v) is 4.03. The van der Waals surface area contributed by atoms with Gasteiger partial charge in [-0.15, -0.1) is 0 Å². The fraction of sp³-hybridized carbons (Fsp3) is 0.154. The molecular weight excluding hydrogens is 408 g/mol. The summed E-state index contributed by atoms with van der Waals surface area (Å²) < 4.78 is 5.36. The van der Waals surface area contributed by atoms with Crippen molar-refractivity contribution in [2.24, 2.45) is 0 Å². The van der Waals surface area contributed by atoms with Gasteiger partial charge in [0.25, 0.3) is 5.91 Å². The first kappa shape index (κ1) is 20.9. The van der Waals surface area contributed by atoms with Crippen molar-refractivity contribution in [2.45, 2.75) is 19.3 Å². The normalized spacial score (nSPS) is 11.3. The number of nitrogens with zero attached hydrogens (tertiary/aromatic N) is 1. The SMILES string of the molecule is Cc1onc(-c2ccccc2Cl)c1C(=O)NCC(C)(c1ccccc1)c1ccccc1. The summed E-state index contributed by atoms with van der Waals surface area (Å²) in [6.07, 6.45) is 0. The van der Waals surface area contributed by atoms with E-state index in [0.717, 1.165) is 11.1 Å². The Morgan fingerprint density at radius 3 is 2.06 bits per heavy atom. The zero-order valence-electron chi connectivity index (χ0n) is 17.4. The summed E-state index contributed by atoms with van der Waals surface area (Å²) >= 11 is 6.34. The monoisotopic (exact) mass is 430 g/mol. The van der Waals surface area contributed by atoms with Crippen molar-refractivity contribution in [3.63, 3.8) is 0 Å². The molecule has 0 aliphatic rings.